The lowest BCUT2D eigenvalue weighted by Crippen LogP contribution is -2.19. The van der Waals surface area contributed by atoms with E-state index in [1.165, 1.54) is 11.3 Å². The minimum absolute atomic E-state index is 0.145. The fourth-order valence-corrected chi connectivity index (χ4v) is 2.94. The summed E-state index contributed by atoms with van der Waals surface area (Å²) in [7, 11) is 0. The number of anilines is 3. The molecule has 0 aliphatic heterocycles. The number of amides is 3. The lowest BCUT2D eigenvalue weighted by atomic mass is 10.2. The molecule has 1 heterocycles. The van der Waals surface area contributed by atoms with Gasteiger partial charge in [0, 0.05) is 16.8 Å². The maximum atomic E-state index is 12.1. The van der Waals surface area contributed by atoms with Gasteiger partial charge < -0.3 is 10.6 Å². The first-order valence-electron chi connectivity index (χ1n) is 8.02. The van der Waals surface area contributed by atoms with Gasteiger partial charge >= 0.3 is 6.03 Å². The van der Waals surface area contributed by atoms with Gasteiger partial charge in [-0.25, -0.2) is 9.78 Å². The summed E-state index contributed by atoms with van der Waals surface area (Å²) in [5.74, 6) is -0.153. The normalized spacial score (nSPS) is 10.2. The van der Waals surface area contributed by atoms with E-state index in [1.807, 2.05) is 49.4 Å². The van der Waals surface area contributed by atoms with E-state index in [1.54, 1.807) is 17.5 Å². The summed E-state index contributed by atoms with van der Waals surface area (Å²) in [5, 5.41) is 10.4. The largest absolute Gasteiger partial charge is 0.326 e. The molecule has 0 saturated heterocycles. The van der Waals surface area contributed by atoms with Gasteiger partial charge in [0.2, 0.25) is 5.91 Å². The lowest BCUT2D eigenvalue weighted by Gasteiger charge is -2.05. The summed E-state index contributed by atoms with van der Waals surface area (Å²) in [6.07, 6.45) is 0.145. The Morgan fingerprint density at radius 2 is 1.62 bits per heavy atom. The van der Waals surface area contributed by atoms with Gasteiger partial charge in [0.05, 0.1) is 12.1 Å². The van der Waals surface area contributed by atoms with Gasteiger partial charge in [-0.05, 0) is 31.2 Å². The summed E-state index contributed by atoms with van der Waals surface area (Å²) < 4.78 is 0. The zero-order chi connectivity index (χ0) is 18.4. The first kappa shape index (κ1) is 17.6. The predicted octanol–water partition coefficient (Wildman–Crippen LogP) is 4.28. The second-order valence-electron chi connectivity index (χ2n) is 5.68. The molecule has 3 amide bonds. The molecule has 0 unspecified atom stereocenters. The van der Waals surface area contributed by atoms with E-state index in [0.29, 0.717) is 16.5 Å². The highest BCUT2D eigenvalue weighted by molar-refractivity contribution is 7.14. The van der Waals surface area contributed by atoms with Crippen LogP contribution in [0, 0.1) is 6.92 Å². The molecule has 0 aliphatic carbocycles. The number of nitrogens with one attached hydrogen (secondary N) is 3. The quantitative estimate of drug-likeness (QED) is 0.630. The molecule has 3 N–H and O–H groups in total. The van der Waals surface area contributed by atoms with Crippen molar-refractivity contribution in [2.45, 2.75) is 13.3 Å². The molecule has 0 aliphatic rings. The first-order valence-corrected chi connectivity index (χ1v) is 8.90. The number of para-hydroxylation sites is 1. The van der Waals surface area contributed by atoms with E-state index in [9.17, 15) is 9.59 Å². The molecular formula is C19H18N4O2S. The second kappa shape index (κ2) is 8.26. The van der Waals surface area contributed by atoms with E-state index < -0.39 is 0 Å². The summed E-state index contributed by atoms with van der Waals surface area (Å²) in [4.78, 5) is 28.3. The van der Waals surface area contributed by atoms with E-state index in [4.69, 9.17) is 0 Å². The van der Waals surface area contributed by atoms with E-state index >= 15 is 0 Å². The molecule has 3 aromatic rings. The van der Waals surface area contributed by atoms with Crippen LogP contribution >= 0.6 is 11.3 Å². The predicted molar refractivity (Wildman–Crippen MR) is 105 cm³/mol. The van der Waals surface area contributed by atoms with E-state index in [2.05, 4.69) is 20.9 Å². The number of nitrogens with zero attached hydrogens (tertiary/aromatic N) is 1. The molecule has 0 atom stereocenters. The number of carbonyl (C=O) groups is 2. The average Bonchev–Trinajstić information content (AvgIpc) is 3.04. The fraction of sp³-hybridized carbons (Fsp3) is 0.105. The van der Waals surface area contributed by atoms with Crippen LogP contribution in [-0.2, 0) is 11.2 Å². The van der Waals surface area contributed by atoms with Crippen molar-refractivity contribution in [1.29, 1.82) is 0 Å². The van der Waals surface area contributed by atoms with Crippen LogP contribution in [0.25, 0.3) is 0 Å². The molecule has 6 nitrogen and oxygen atoms in total. The number of urea groups is 1. The Morgan fingerprint density at radius 1 is 0.923 bits per heavy atom. The number of thiazole rings is 1. The van der Waals surface area contributed by atoms with Crippen LogP contribution in [0.1, 0.15) is 11.3 Å². The minimum atomic E-state index is -0.374. The number of rotatable bonds is 5. The van der Waals surface area contributed by atoms with Crippen molar-refractivity contribution in [2.75, 3.05) is 16.0 Å². The molecule has 132 valence electrons. The monoisotopic (exact) mass is 366 g/mol. The third-order valence-corrected chi connectivity index (χ3v) is 4.29. The van der Waals surface area contributed by atoms with Gasteiger partial charge in [-0.2, -0.15) is 0 Å². The highest BCUT2D eigenvalue weighted by atomic mass is 32.1. The van der Waals surface area contributed by atoms with E-state index in [-0.39, 0.29) is 18.4 Å². The summed E-state index contributed by atoms with van der Waals surface area (Å²) >= 11 is 1.28. The summed E-state index contributed by atoms with van der Waals surface area (Å²) in [5.41, 5.74) is 3.18. The molecule has 0 radical (unpaired) electrons. The van der Waals surface area contributed by atoms with Crippen molar-refractivity contribution in [1.82, 2.24) is 4.98 Å². The molecule has 0 bridgehead atoms. The molecular weight excluding hydrogens is 348 g/mol. The van der Waals surface area contributed by atoms with E-state index in [0.717, 1.165) is 11.3 Å². The van der Waals surface area contributed by atoms with Crippen molar-refractivity contribution in [3.8, 4) is 0 Å². The number of hydrogen-bond donors (Lipinski definition) is 3. The Balaban J connectivity index is 1.51. The van der Waals surface area contributed by atoms with Crippen LogP contribution in [0.5, 0.6) is 0 Å². The molecule has 0 spiro atoms. The molecule has 2 aromatic carbocycles. The fourth-order valence-electron chi connectivity index (χ4n) is 2.23. The van der Waals surface area contributed by atoms with Crippen LogP contribution in [0.4, 0.5) is 21.3 Å². The second-order valence-corrected chi connectivity index (χ2v) is 6.54. The summed E-state index contributed by atoms with van der Waals surface area (Å²) in [6, 6.07) is 16.3. The lowest BCUT2D eigenvalue weighted by molar-refractivity contribution is -0.115. The Kier molecular flexibility index (Phi) is 5.60. The molecule has 0 saturated carbocycles. The number of benzene rings is 2. The summed E-state index contributed by atoms with van der Waals surface area (Å²) in [6.45, 7) is 1.99. The zero-order valence-electron chi connectivity index (χ0n) is 14.2. The Labute approximate surface area is 155 Å². The minimum Gasteiger partial charge on any atom is -0.326 e. The van der Waals surface area contributed by atoms with Crippen molar-refractivity contribution in [3.63, 3.8) is 0 Å². The van der Waals surface area contributed by atoms with Crippen LogP contribution in [0.15, 0.2) is 60.0 Å². The Hall–Kier alpha value is -3.19. The van der Waals surface area contributed by atoms with Crippen LogP contribution in [-0.4, -0.2) is 16.9 Å². The third-order valence-electron chi connectivity index (χ3n) is 3.48. The Morgan fingerprint density at radius 3 is 2.35 bits per heavy atom. The standard InChI is InChI=1S/C19H18N4O2S/c1-13-7-9-15(10-8-13)20-17(24)11-16-12-26-19(22-16)23-18(25)21-14-5-3-2-4-6-14/h2-10,12H,11H2,1H3,(H,20,24)(H2,21,22,23,25). The zero-order valence-corrected chi connectivity index (χ0v) is 15.0. The van der Waals surface area contributed by atoms with Gasteiger partial charge in [-0.1, -0.05) is 35.9 Å². The average molecular weight is 366 g/mol. The van der Waals surface area contributed by atoms with Gasteiger partial charge in [0.1, 0.15) is 0 Å². The maximum absolute atomic E-state index is 12.1. The molecule has 0 fully saturated rings. The number of carbonyl (C=O) groups excluding carboxylic acids is 2. The maximum Gasteiger partial charge on any atom is 0.325 e. The number of hydrogen-bond acceptors (Lipinski definition) is 4. The third kappa shape index (κ3) is 5.15. The molecule has 26 heavy (non-hydrogen) atoms. The Bertz CT molecular complexity index is 891. The number of aromatic nitrogens is 1. The van der Waals surface area contributed by atoms with Gasteiger partial charge in [-0.15, -0.1) is 11.3 Å². The smallest absolute Gasteiger partial charge is 0.325 e. The van der Waals surface area contributed by atoms with Crippen molar-refractivity contribution < 1.29 is 9.59 Å². The molecule has 1 aromatic heterocycles. The van der Waals surface area contributed by atoms with Crippen molar-refractivity contribution in [3.05, 3.63) is 71.2 Å². The van der Waals surface area contributed by atoms with Gasteiger partial charge in [-0.3, -0.25) is 10.1 Å². The topological polar surface area (TPSA) is 83.1 Å². The van der Waals surface area contributed by atoms with Crippen molar-refractivity contribution >= 4 is 39.8 Å². The first-order chi connectivity index (χ1) is 12.6. The highest BCUT2D eigenvalue weighted by Crippen LogP contribution is 2.17. The molecule has 3 rings (SSSR count). The SMILES string of the molecule is Cc1ccc(NC(=O)Cc2csc(NC(=O)Nc3ccccc3)n2)cc1. The van der Waals surface area contributed by atoms with Gasteiger partial charge in [0.15, 0.2) is 5.13 Å². The van der Waals surface area contributed by atoms with Crippen LogP contribution in [0.3, 0.4) is 0 Å². The van der Waals surface area contributed by atoms with Crippen LogP contribution < -0.4 is 16.0 Å². The number of aryl methyl sites for hydroxylation is 1. The van der Waals surface area contributed by atoms with Gasteiger partial charge in [0.25, 0.3) is 0 Å². The van der Waals surface area contributed by atoms with Crippen LogP contribution in [0.2, 0.25) is 0 Å². The highest BCUT2D eigenvalue weighted by Gasteiger charge is 2.10. The molecule has 7 heteroatoms. The van der Waals surface area contributed by atoms with Crippen molar-refractivity contribution in [2.24, 2.45) is 0 Å².